The van der Waals surface area contributed by atoms with Gasteiger partial charge in [0.15, 0.2) is 11.5 Å². The van der Waals surface area contributed by atoms with E-state index in [4.69, 9.17) is 9.47 Å². The molecule has 0 saturated heterocycles. The van der Waals surface area contributed by atoms with Gasteiger partial charge < -0.3 is 14.8 Å². The molecule has 0 aliphatic rings. The molecule has 0 aliphatic carbocycles. The number of hydrogen-bond donors (Lipinski definition) is 1. The van der Waals surface area contributed by atoms with Crippen molar-refractivity contribution in [3.8, 4) is 11.5 Å². The minimum absolute atomic E-state index is 0.236. The molecule has 24 heavy (non-hydrogen) atoms. The maximum absolute atomic E-state index is 5.90. The van der Waals surface area contributed by atoms with Crippen LogP contribution in [-0.2, 0) is 6.54 Å². The molecule has 0 bridgehead atoms. The van der Waals surface area contributed by atoms with Gasteiger partial charge in [-0.05, 0) is 38.0 Å². The van der Waals surface area contributed by atoms with Crippen LogP contribution in [0.3, 0.4) is 0 Å². The monoisotopic (exact) mass is 348 g/mol. The minimum atomic E-state index is 0.236. The number of unbranched alkanes of at least 4 members (excludes halogenated alkanes) is 2. The Morgan fingerprint density at radius 2 is 2.08 bits per heavy atom. The van der Waals surface area contributed by atoms with Gasteiger partial charge in [-0.1, -0.05) is 25.8 Å². The van der Waals surface area contributed by atoms with Crippen molar-refractivity contribution in [3.63, 3.8) is 0 Å². The van der Waals surface area contributed by atoms with E-state index in [1.807, 2.05) is 13.0 Å². The molecule has 1 heterocycles. The van der Waals surface area contributed by atoms with Crippen molar-refractivity contribution in [2.45, 2.75) is 52.6 Å². The third-order valence-electron chi connectivity index (χ3n) is 3.85. The second-order valence-electron chi connectivity index (χ2n) is 5.97. The van der Waals surface area contributed by atoms with Crippen LogP contribution in [-0.4, -0.2) is 18.7 Å². The van der Waals surface area contributed by atoms with E-state index >= 15 is 0 Å². The van der Waals surface area contributed by atoms with Crippen molar-refractivity contribution in [1.29, 1.82) is 0 Å². The van der Waals surface area contributed by atoms with Crippen molar-refractivity contribution in [2.24, 2.45) is 0 Å². The lowest BCUT2D eigenvalue weighted by atomic mass is 10.2. The van der Waals surface area contributed by atoms with Crippen LogP contribution < -0.4 is 14.8 Å². The minimum Gasteiger partial charge on any atom is -0.493 e. The zero-order chi connectivity index (χ0) is 17.4. The Bertz CT molecular complexity index is 628. The van der Waals surface area contributed by atoms with Crippen LogP contribution in [0.5, 0.6) is 11.5 Å². The summed E-state index contributed by atoms with van der Waals surface area (Å²) in [6.45, 7) is 7.87. The Kier molecular flexibility index (Phi) is 7.53. The first-order chi connectivity index (χ1) is 11.6. The molecule has 2 aromatic rings. The summed E-state index contributed by atoms with van der Waals surface area (Å²) < 4.78 is 11.3. The quantitative estimate of drug-likeness (QED) is 0.622. The van der Waals surface area contributed by atoms with Crippen molar-refractivity contribution in [3.05, 3.63) is 39.8 Å². The summed E-state index contributed by atoms with van der Waals surface area (Å²) >= 11 is 1.70. The lowest BCUT2D eigenvalue weighted by molar-refractivity contribution is 0.285. The van der Waals surface area contributed by atoms with Gasteiger partial charge in [-0.2, -0.15) is 0 Å². The number of aryl methyl sites for hydroxylation is 1. The van der Waals surface area contributed by atoms with Gasteiger partial charge in [0.25, 0.3) is 0 Å². The number of methoxy groups -OCH3 is 1. The average molecular weight is 349 g/mol. The maximum atomic E-state index is 5.90. The number of ether oxygens (including phenoxy) is 2. The zero-order valence-electron chi connectivity index (χ0n) is 15.1. The molecule has 0 spiro atoms. The molecule has 1 atom stereocenters. The number of aromatic nitrogens is 1. The van der Waals surface area contributed by atoms with E-state index in [1.165, 1.54) is 18.4 Å². The molecule has 132 valence electrons. The van der Waals surface area contributed by atoms with Gasteiger partial charge in [0.1, 0.15) is 5.01 Å². The van der Waals surface area contributed by atoms with Gasteiger partial charge in [0.2, 0.25) is 0 Å². The van der Waals surface area contributed by atoms with Gasteiger partial charge in [0, 0.05) is 17.6 Å². The van der Waals surface area contributed by atoms with E-state index in [-0.39, 0.29) is 6.04 Å². The van der Waals surface area contributed by atoms with Crippen LogP contribution in [0.15, 0.2) is 23.6 Å². The molecular formula is C19H28N2O2S. The van der Waals surface area contributed by atoms with E-state index in [0.29, 0.717) is 0 Å². The first kappa shape index (κ1) is 18.7. The Morgan fingerprint density at radius 1 is 1.25 bits per heavy atom. The molecule has 0 amide bonds. The van der Waals surface area contributed by atoms with Crippen molar-refractivity contribution in [1.82, 2.24) is 10.3 Å². The summed E-state index contributed by atoms with van der Waals surface area (Å²) in [5.74, 6) is 1.62. The largest absolute Gasteiger partial charge is 0.493 e. The highest BCUT2D eigenvalue weighted by Gasteiger charge is 2.10. The predicted molar refractivity (Wildman–Crippen MR) is 100 cm³/mol. The summed E-state index contributed by atoms with van der Waals surface area (Å²) in [6, 6.07) is 6.35. The smallest absolute Gasteiger partial charge is 0.161 e. The van der Waals surface area contributed by atoms with Gasteiger partial charge >= 0.3 is 0 Å². The summed E-state index contributed by atoms with van der Waals surface area (Å²) in [5, 5.41) is 6.73. The fourth-order valence-electron chi connectivity index (χ4n) is 2.41. The number of nitrogens with zero attached hydrogens (tertiary/aromatic N) is 1. The Hall–Kier alpha value is -1.59. The topological polar surface area (TPSA) is 43.4 Å². The number of nitrogens with one attached hydrogen (secondary N) is 1. The normalized spacial score (nSPS) is 12.2. The SMILES string of the molecule is CCCCCOc1cc(CNC(C)c2nc(C)cs2)ccc1OC. The van der Waals surface area contributed by atoms with E-state index in [2.05, 4.69) is 41.7 Å². The predicted octanol–water partition coefficient (Wildman–Crippen LogP) is 4.88. The van der Waals surface area contributed by atoms with Crippen LogP contribution in [0.4, 0.5) is 0 Å². The summed E-state index contributed by atoms with van der Waals surface area (Å²) in [4.78, 5) is 4.54. The number of benzene rings is 1. The fourth-order valence-corrected chi connectivity index (χ4v) is 3.24. The zero-order valence-corrected chi connectivity index (χ0v) is 15.9. The molecule has 2 rings (SSSR count). The molecule has 1 aromatic heterocycles. The number of hydrogen-bond acceptors (Lipinski definition) is 5. The molecule has 0 saturated carbocycles. The van der Waals surface area contributed by atoms with Gasteiger partial charge in [0.05, 0.1) is 19.8 Å². The highest BCUT2D eigenvalue weighted by molar-refractivity contribution is 7.09. The molecule has 1 unspecified atom stereocenters. The second-order valence-corrected chi connectivity index (χ2v) is 6.86. The standard InChI is InChI=1S/C19H28N2O2S/c1-5-6-7-10-23-18-11-16(8-9-17(18)22-4)12-20-15(3)19-21-14(2)13-24-19/h8-9,11,13,15,20H,5-7,10,12H2,1-4H3. The fraction of sp³-hybridized carbons (Fsp3) is 0.526. The van der Waals surface area contributed by atoms with Gasteiger partial charge in [-0.3, -0.25) is 0 Å². The lowest BCUT2D eigenvalue weighted by Crippen LogP contribution is -2.18. The molecule has 1 aromatic carbocycles. The van der Waals surface area contributed by atoms with Crippen molar-refractivity contribution in [2.75, 3.05) is 13.7 Å². The van der Waals surface area contributed by atoms with Crippen LogP contribution >= 0.6 is 11.3 Å². The molecule has 0 aliphatic heterocycles. The maximum Gasteiger partial charge on any atom is 0.161 e. The summed E-state index contributed by atoms with van der Waals surface area (Å²) in [6.07, 6.45) is 3.45. The van der Waals surface area contributed by atoms with Crippen molar-refractivity contribution < 1.29 is 9.47 Å². The Morgan fingerprint density at radius 3 is 2.75 bits per heavy atom. The highest BCUT2D eigenvalue weighted by Crippen LogP contribution is 2.28. The summed E-state index contributed by atoms with van der Waals surface area (Å²) in [7, 11) is 1.68. The molecule has 4 nitrogen and oxygen atoms in total. The molecule has 5 heteroatoms. The lowest BCUT2D eigenvalue weighted by Gasteiger charge is -2.14. The molecule has 0 radical (unpaired) electrons. The van der Waals surface area contributed by atoms with Crippen molar-refractivity contribution >= 4 is 11.3 Å². The van der Waals surface area contributed by atoms with Crippen LogP contribution in [0.2, 0.25) is 0 Å². The van der Waals surface area contributed by atoms with E-state index < -0.39 is 0 Å². The number of rotatable bonds is 10. The van der Waals surface area contributed by atoms with Gasteiger partial charge in [-0.25, -0.2) is 4.98 Å². The van der Waals surface area contributed by atoms with E-state index in [0.717, 1.165) is 41.8 Å². The molecule has 0 fully saturated rings. The summed E-state index contributed by atoms with van der Waals surface area (Å²) in [5.41, 5.74) is 2.26. The van der Waals surface area contributed by atoms with E-state index in [1.54, 1.807) is 18.4 Å². The molecule has 1 N–H and O–H groups in total. The van der Waals surface area contributed by atoms with Crippen LogP contribution in [0.25, 0.3) is 0 Å². The second kappa shape index (κ2) is 9.64. The third kappa shape index (κ3) is 5.49. The molecular weight excluding hydrogens is 320 g/mol. The Labute approximate surface area is 149 Å². The average Bonchev–Trinajstić information content (AvgIpc) is 3.03. The first-order valence-corrected chi connectivity index (χ1v) is 9.47. The Balaban J connectivity index is 1.94. The third-order valence-corrected chi connectivity index (χ3v) is 5.00. The number of thiazole rings is 1. The highest BCUT2D eigenvalue weighted by atomic mass is 32.1. The van der Waals surface area contributed by atoms with Gasteiger partial charge in [-0.15, -0.1) is 11.3 Å². The van der Waals surface area contributed by atoms with E-state index in [9.17, 15) is 0 Å². The van der Waals surface area contributed by atoms with Crippen LogP contribution in [0.1, 0.15) is 55.4 Å². The van der Waals surface area contributed by atoms with Crippen LogP contribution in [0, 0.1) is 6.92 Å². The first-order valence-electron chi connectivity index (χ1n) is 8.59.